The molecule has 1 heterocycles. The van der Waals surface area contributed by atoms with E-state index in [1.54, 1.807) is 26.0 Å². The van der Waals surface area contributed by atoms with Crippen molar-refractivity contribution in [2.75, 3.05) is 10.6 Å². The first-order valence-corrected chi connectivity index (χ1v) is 6.57. The van der Waals surface area contributed by atoms with E-state index in [2.05, 4.69) is 26.6 Å². The van der Waals surface area contributed by atoms with Gasteiger partial charge in [0.15, 0.2) is 0 Å². The highest BCUT2D eigenvalue weighted by atomic mass is 79.9. The Hall–Kier alpha value is -1.07. The molecule has 0 spiro atoms. The van der Waals surface area contributed by atoms with Crippen LogP contribution < -0.4 is 10.6 Å². The van der Waals surface area contributed by atoms with Crippen LogP contribution >= 0.6 is 27.5 Å². The molecule has 1 aromatic rings. The molecular weight excluding hydrogens is 320 g/mol. The number of halogens is 2. The van der Waals surface area contributed by atoms with E-state index >= 15 is 0 Å². The monoisotopic (exact) mass is 330 g/mol. The second-order valence-electron chi connectivity index (χ2n) is 4.64. The molecule has 0 radical (unpaired) electrons. The largest absolute Gasteiger partial charge is 0.325 e. The second-order valence-corrected chi connectivity index (χ2v) is 7.03. The third-order valence-electron chi connectivity index (χ3n) is 2.61. The first-order chi connectivity index (χ1) is 8.27. The number of anilines is 2. The zero-order valence-corrected chi connectivity index (χ0v) is 12.3. The first-order valence-electron chi connectivity index (χ1n) is 5.40. The molecule has 2 rings (SSSR count). The summed E-state index contributed by atoms with van der Waals surface area (Å²) in [5, 5.41) is 5.85. The van der Waals surface area contributed by atoms with Gasteiger partial charge in [-0.05, 0) is 31.5 Å². The van der Waals surface area contributed by atoms with Crippen LogP contribution in [0.1, 0.15) is 19.4 Å². The van der Waals surface area contributed by atoms with Crippen molar-refractivity contribution in [2.45, 2.75) is 24.6 Å². The Morgan fingerprint density at radius 2 is 2.17 bits per heavy atom. The summed E-state index contributed by atoms with van der Waals surface area (Å²) in [4.78, 5) is 23.1. The summed E-state index contributed by atoms with van der Waals surface area (Å²) in [6.45, 7) is 3.49. The van der Waals surface area contributed by atoms with Crippen molar-refractivity contribution in [1.82, 2.24) is 0 Å². The van der Waals surface area contributed by atoms with Crippen molar-refractivity contribution >= 4 is 50.7 Å². The van der Waals surface area contributed by atoms with E-state index < -0.39 is 4.32 Å². The van der Waals surface area contributed by atoms with Crippen molar-refractivity contribution in [1.29, 1.82) is 0 Å². The number of rotatable bonds is 2. The van der Waals surface area contributed by atoms with E-state index in [1.165, 1.54) is 0 Å². The van der Waals surface area contributed by atoms with Crippen LogP contribution in [0.5, 0.6) is 0 Å². The van der Waals surface area contributed by atoms with Gasteiger partial charge >= 0.3 is 0 Å². The second kappa shape index (κ2) is 4.55. The molecule has 1 aliphatic heterocycles. The number of fused-ring (bicyclic) bond motifs is 1. The van der Waals surface area contributed by atoms with Crippen LogP contribution in [0.25, 0.3) is 0 Å². The van der Waals surface area contributed by atoms with Gasteiger partial charge in [-0.1, -0.05) is 27.5 Å². The summed E-state index contributed by atoms with van der Waals surface area (Å²) < 4.78 is -0.677. The quantitative estimate of drug-likeness (QED) is 0.819. The van der Waals surface area contributed by atoms with Crippen LogP contribution in [0.4, 0.5) is 11.4 Å². The molecule has 0 aromatic heterocycles. The van der Waals surface area contributed by atoms with E-state index in [0.717, 1.165) is 5.56 Å². The van der Waals surface area contributed by atoms with Gasteiger partial charge in [0.1, 0.15) is 0 Å². The number of hydrogen-bond acceptors (Lipinski definition) is 2. The maximum atomic E-state index is 11.9. The fourth-order valence-corrected chi connectivity index (χ4v) is 1.92. The van der Waals surface area contributed by atoms with E-state index in [-0.39, 0.29) is 11.8 Å². The summed E-state index contributed by atoms with van der Waals surface area (Å²) in [5.41, 5.74) is 2.07. The Balaban J connectivity index is 2.28. The number of carbonyl (C=O) groups excluding carboxylic acids is 2. The molecule has 0 aliphatic carbocycles. The van der Waals surface area contributed by atoms with Crippen LogP contribution in [0, 0.1) is 0 Å². The Labute approximate surface area is 118 Å². The van der Waals surface area contributed by atoms with Gasteiger partial charge in [0.2, 0.25) is 11.8 Å². The molecule has 18 heavy (non-hydrogen) atoms. The average Bonchev–Trinajstić information content (AvgIpc) is 2.56. The van der Waals surface area contributed by atoms with Gasteiger partial charge in [0, 0.05) is 5.69 Å². The SMILES string of the molecule is CC(C)(Br)C(=O)Nc1cc2c(cc1Cl)NC(=O)C2. The average molecular weight is 332 g/mol. The summed E-state index contributed by atoms with van der Waals surface area (Å²) >= 11 is 9.34. The molecule has 1 aliphatic rings. The first kappa shape index (κ1) is 13.4. The molecule has 2 N–H and O–H groups in total. The summed E-state index contributed by atoms with van der Waals surface area (Å²) in [5.74, 6) is -0.257. The Morgan fingerprint density at radius 1 is 1.50 bits per heavy atom. The third-order valence-corrected chi connectivity index (χ3v) is 3.28. The maximum absolute atomic E-state index is 11.9. The van der Waals surface area contributed by atoms with Gasteiger partial charge in [0.25, 0.3) is 0 Å². The van der Waals surface area contributed by atoms with E-state index in [1.807, 2.05) is 0 Å². The molecular formula is C12H12BrClN2O2. The van der Waals surface area contributed by atoms with Gasteiger partial charge < -0.3 is 10.6 Å². The predicted octanol–water partition coefficient (Wildman–Crippen LogP) is 2.95. The molecule has 0 bridgehead atoms. The van der Waals surface area contributed by atoms with Crippen LogP contribution in [0.3, 0.4) is 0 Å². The van der Waals surface area contributed by atoms with Crippen LogP contribution in [0.2, 0.25) is 5.02 Å². The van der Waals surface area contributed by atoms with Crippen molar-refractivity contribution in [3.63, 3.8) is 0 Å². The highest BCUT2D eigenvalue weighted by Gasteiger charge is 2.25. The Kier molecular flexibility index (Phi) is 3.38. The lowest BCUT2D eigenvalue weighted by Gasteiger charge is -2.17. The van der Waals surface area contributed by atoms with Crippen molar-refractivity contribution in [3.05, 3.63) is 22.7 Å². The van der Waals surface area contributed by atoms with Gasteiger partial charge in [-0.25, -0.2) is 0 Å². The number of hydrogen-bond donors (Lipinski definition) is 2. The lowest BCUT2D eigenvalue weighted by Crippen LogP contribution is -2.31. The zero-order valence-electron chi connectivity index (χ0n) is 9.93. The Morgan fingerprint density at radius 3 is 2.78 bits per heavy atom. The summed E-state index contributed by atoms with van der Waals surface area (Å²) in [6.07, 6.45) is 0.313. The topological polar surface area (TPSA) is 58.2 Å². The van der Waals surface area contributed by atoms with Crippen LogP contribution in [0.15, 0.2) is 12.1 Å². The van der Waals surface area contributed by atoms with Crippen molar-refractivity contribution < 1.29 is 9.59 Å². The fraction of sp³-hybridized carbons (Fsp3) is 0.333. The number of carbonyl (C=O) groups is 2. The molecule has 0 unspecified atom stereocenters. The van der Waals surface area contributed by atoms with Crippen LogP contribution in [-0.4, -0.2) is 16.1 Å². The minimum atomic E-state index is -0.677. The minimum Gasteiger partial charge on any atom is -0.325 e. The molecule has 0 saturated carbocycles. The smallest absolute Gasteiger partial charge is 0.240 e. The summed E-state index contributed by atoms with van der Waals surface area (Å²) in [6, 6.07) is 3.38. The maximum Gasteiger partial charge on any atom is 0.240 e. The van der Waals surface area contributed by atoms with Gasteiger partial charge in [-0.15, -0.1) is 0 Å². The Bertz CT molecular complexity index is 538. The number of alkyl halides is 1. The molecule has 6 heteroatoms. The number of amides is 2. The fourth-order valence-electron chi connectivity index (χ4n) is 1.61. The zero-order chi connectivity index (χ0) is 13.5. The standard InChI is InChI=1S/C12H12BrClN2O2/c1-12(2,13)11(18)16-9-3-6-4-10(17)15-8(6)5-7(9)14/h3,5H,4H2,1-2H3,(H,15,17)(H,16,18). The molecule has 1 aromatic carbocycles. The van der Waals surface area contributed by atoms with E-state index in [0.29, 0.717) is 22.8 Å². The number of nitrogens with one attached hydrogen (secondary N) is 2. The van der Waals surface area contributed by atoms with Gasteiger partial charge in [-0.3, -0.25) is 9.59 Å². The highest BCUT2D eigenvalue weighted by Crippen LogP contribution is 2.33. The normalized spacial score (nSPS) is 14.1. The minimum absolute atomic E-state index is 0.0645. The molecule has 4 nitrogen and oxygen atoms in total. The van der Waals surface area contributed by atoms with Crippen LogP contribution in [-0.2, 0) is 16.0 Å². The molecule has 0 atom stereocenters. The highest BCUT2D eigenvalue weighted by molar-refractivity contribution is 9.10. The predicted molar refractivity (Wildman–Crippen MR) is 75.4 cm³/mol. The molecule has 0 fully saturated rings. The van der Waals surface area contributed by atoms with Gasteiger partial charge in [0.05, 0.1) is 21.5 Å². The summed E-state index contributed by atoms with van der Waals surface area (Å²) in [7, 11) is 0. The third kappa shape index (κ3) is 2.67. The molecule has 2 amide bonds. The van der Waals surface area contributed by atoms with Crippen molar-refractivity contribution in [2.24, 2.45) is 0 Å². The van der Waals surface area contributed by atoms with Gasteiger partial charge in [-0.2, -0.15) is 0 Å². The lowest BCUT2D eigenvalue weighted by molar-refractivity contribution is -0.117. The molecule has 96 valence electrons. The molecule has 0 saturated heterocycles. The van der Waals surface area contributed by atoms with E-state index in [4.69, 9.17) is 11.6 Å². The van der Waals surface area contributed by atoms with E-state index in [9.17, 15) is 9.59 Å². The lowest BCUT2D eigenvalue weighted by atomic mass is 10.1. The number of benzene rings is 1. The van der Waals surface area contributed by atoms with Crippen molar-refractivity contribution in [3.8, 4) is 0 Å².